The van der Waals surface area contributed by atoms with Crippen LogP contribution >= 0.6 is 0 Å². The molecule has 0 radical (unpaired) electrons. The molecule has 1 N–H and O–H groups in total. The van der Waals surface area contributed by atoms with Crippen molar-refractivity contribution in [2.45, 2.75) is 44.7 Å². The highest BCUT2D eigenvalue weighted by Gasteiger charge is 2.37. The van der Waals surface area contributed by atoms with Crippen molar-refractivity contribution in [1.82, 2.24) is 9.71 Å². The molecule has 192 valence electrons. The molecule has 0 fully saturated rings. The Kier molecular flexibility index (Phi) is 7.63. The summed E-state index contributed by atoms with van der Waals surface area (Å²) in [5.41, 5.74) is -1.35. The summed E-state index contributed by atoms with van der Waals surface area (Å²) in [6.45, 7) is 5.60. The van der Waals surface area contributed by atoms with Crippen LogP contribution in [-0.4, -0.2) is 24.1 Å². The van der Waals surface area contributed by atoms with Gasteiger partial charge in [0.1, 0.15) is 23.4 Å². The molecule has 1 heterocycles. The lowest BCUT2D eigenvalue weighted by Gasteiger charge is -2.21. The maximum Gasteiger partial charge on any atom is 0.419 e. The number of rotatable bonds is 7. The number of alkyl halides is 3. The van der Waals surface area contributed by atoms with Gasteiger partial charge in [0, 0.05) is 5.56 Å². The van der Waals surface area contributed by atoms with Gasteiger partial charge >= 0.3 is 6.18 Å². The van der Waals surface area contributed by atoms with Crippen LogP contribution in [0.25, 0.3) is 0 Å². The Balaban J connectivity index is 1.80. The van der Waals surface area contributed by atoms with Crippen LogP contribution in [0.5, 0.6) is 17.2 Å². The number of carbonyl (C=O) groups is 1. The van der Waals surface area contributed by atoms with Crippen LogP contribution < -0.4 is 14.2 Å². The monoisotopic (exact) mass is 522 g/mol. The molecule has 0 saturated carbocycles. The van der Waals surface area contributed by atoms with Crippen LogP contribution in [0.2, 0.25) is 0 Å². The summed E-state index contributed by atoms with van der Waals surface area (Å²) in [6.07, 6.45) is -4.32. The highest BCUT2D eigenvalue weighted by atomic mass is 32.2. The molecule has 0 bridgehead atoms. The molecule has 36 heavy (non-hydrogen) atoms. The Labute approximate surface area is 207 Å². The van der Waals surface area contributed by atoms with Gasteiger partial charge in [-0.05, 0) is 70.2 Å². The first-order valence-electron chi connectivity index (χ1n) is 10.8. The minimum atomic E-state index is -4.87. The molecule has 1 aromatic heterocycles. The zero-order valence-corrected chi connectivity index (χ0v) is 20.8. The third-order valence-corrected chi connectivity index (χ3v) is 7.11. The number of para-hydroxylation sites is 1. The highest BCUT2D eigenvalue weighted by Crippen LogP contribution is 2.38. The van der Waals surface area contributed by atoms with Gasteiger partial charge in [0.2, 0.25) is 10.0 Å². The number of aromatic nitrogens is 1. The molecule has 11 heteroatoms. The number of benzene rings is 2. The van der Waals surface area contributed by atoms with Gasteiger partial charge in [0.25, 0.3) is 5.91 Å². The molecule has 2 aromatic carbocycles. The molecule has 1 atom stereocenters. The summed E-state index contributed by atoms with van der Waals surface area (Å²) < 4.78 is 77.4. The molecule has 0 aliphatic carbocycles. The van der Waals surface area contributed by atoms with Gasteiger partial charge in [-0.25, -0.2) is 13.1 Å². The van der Waals surface area contributed by atoms with Gasteiger partial charge in [-0.2, -0.15) is 13.2 Å². The van der Waals surface area contributed by atoms with E-state index in [2.05, 4.69) is 4.98 Å². The van der Waals surface area contributed by atoms with E-state index >= 15 is 0 Å². The van der Waals surface area contributed by atoms with Crippen LogP contribution in [0.4, 0.5) is 13.2 Å². The second-order valence-electron chi connectivity index (χ2n) is 8.85. The summed E-state index contributed by atoms with van der Waals surface area (Å²) in [5, 5.41) is 0. The lowest BCUT2D eigenvalue weighted by atomic mass is 10.1. The topological polar surface area (TPSA) is 94.6 Å². The van der Waals surface area contributed by atoms with Crippen molar-refractivity contribution in [2.24, 2.45) is 0 Å². The van der Waals surface area contributed by atoms with Gasteiger partial charge in [-0.1, -0.05) is 18.2 Å². The standard InChI is InChI=1S/C25H25F3N2O5S/c1-16(21-12-11-19(15-29-21)35-18-8-6-5-7-9-18)34-22-13-10-17(14-20(22)25(26,27)28)23(31)30-36(32,33)24(2,3)4/h5-16H,1-4H3,(H,30,31). The Bertz CT molecular complexity index is 1320. The fraction of sp³-hybridized carbons (Fsp3) is 0.280. The molecule has 0 aliphatic heterocycles. The third kappa shape index (κ3) is 6.54. The molecule has 0 saturated heterocycles. The van der Waals surface area contributed by atoms with Gasteiger partial charge in [-0.15, -0.1) is 0 Å². The summed E-state index contributed by atoms with van der Waals surface area (Å²) in [4.78, 5) is 16.6. The van der Waals surface area contributed by atoms with Gasteiger partial charge in [0.05, 0.1) is 22.2 Å². The number of nitrogens with zero attached hydrogens (tertiary/aromatic N) is 1. The largest absolute Gasteiger partial charge is 0.484 e. The van der Waals surface area contributed by atoms with E-state index in [1.807, 2.05) is 18.2 Å². The molecule has 3 aromatic rings. The van der Waals surface area contributed by atoms with Gasteiger partial charge in [0.15, 0.2) is 0 Å². The van der Waals surface area contributed by atoms with E-state index in [0.29, 0.717) is 23.3 Å². The summed E-state index contributed by atoms with van der Waals surface area (Å²) in [7, 11) is -4.11. The number of nitrogens with one attached hydrogen (secondary N) is 1. The summed E-state index contributed by atoms with van der Waals surface area (Å²) in [5.74, 6) is -0.665. The highest BCUT2D eigenvalue weighted by molar-refractivity contribution is 7.91. The number of halogens is 3. The fourth-order valence-electron chi connectivity index (χ4n) is 2.90. The second kappa shape index (κ2) is 10.2. The predicted octanol–water partition coefficient (Wildman–Crippen LogP) is 5.89. The van der Waals surface area contributed by atoms with E-state index in [1.54, 1.807) is 29.0 Å². The molecule has 0 aliphatic rings. The van der Waals surface area contributed by atoms with Crippen molar-refractivity contribution in [3.63, 3.8) is 0 Å². The predicted molar refractivity (Wildman–Crippen MR) is 127 cm³/mol. The average Bonchev–Trinajstić information content (AvgIpc) is 2.78. The minimum absolute atomic E-state index is 0.349. The number of hydrogen-bond donors (Lipinski definition) is 1. The van der Waals surface area contributed by atoms with Crippen molar-refractivity contribution in [1.29, 1.82) is 0 Å². The normalized spacial score (nSPS) is 13.1. The molecule has 0 spiro atoms. The zero-order chi connectivity index (χ0) is 26.7. The van der Waals surface area contributed by atoms with E-state index in [0.717, 1.165) is 12.1 Å². The number of amides is 1. The molecule has 3 rings (SSSR count). The van der Waals surface area contributed by atoms with Crippen molar-refractivity contribution in [3.8, 4) is 17.2 Å². The summed E-state index contributed by atoms with van der Waals surface area (Å²) >= 11 is 0. The minimum Gasteiger partial charge on any atom is -0.484 e. The first kappa shape index (κ1) is 27.0. The number of sulfonamides is 1. The van der Waals surface area contributed by atoms with E-state index in [4.69, 9.17) is 9.47 Å². The zero-order valence-electron chi connectivity index (χ0n) is 20.0. The second-order valence-corrected chi connectivity index (χ2v) is 11.3. The van der Waals surface area contributed by atoms with Crippen LogP contribution in [0, 0.1) is 0 Å². The van der Waals surface area contributed by atoms with Crippen molar-refractivity contribution < 1.29 is 35.9 Å². The van der Waals surface area contributed by atoms with Crippen molar-refractivity contribution in [3.05, 3.63) is 83.7 Å². The Morgan fingerprint density at radius 2 is 1.64 bits per heavy atom. The smallest absolute Gasteiger partial charge is 0.419 e. The number of hydrogen-bond acceptors (Lipinski definition) is 6. The molecule has 1 amide bonds. The Morgan fingerprint density at radius 1 is 0.972 bits per heavy atom. The summed E-state index contributed by atoms with van der Waals surface area (Å²) in [6, 6.07) is 14.8. The Morgan fingerprint density at radius 3 is 2.19 bits per heavy atom. The van der Waals surface area contributed by atoms with E-state index in [-0.39, 0.29) is 0 Å². The lowest BCUT2D eigenvalue weighted by molar-refractivity contribution is -0.139. The van der Waals surface area contributed by atoms with Gasteiger partial charge < -0.3 is 9.47 Å². The average molecular weight is 523 g/mol. The maximum absolute atomic E-state index is 13.8. The van der Waals surface area contributed by atoms with E-state index in [9.17, 15) is 26.4 Å². The van der Waals surface area contributed by atoms with Crippen molar-refractivity contribution in [2.75, 3.05) is 0 Å². The fourth-order valence-corrected chi connectivity index (χ4v) is 3.57. The Hall–Kier alpha value is -3.60. The van der Waals surface area contributed by atoms with Crippen LogP contribution in [0.1, 0.15) is 55.4 Å². The van der Waals surface area contributed by atoms with E-state index < -0.39 is 49.8 Å². The number of pyridine rings is 1. The van der Waals surface area contributed by atoms with Crippen LogP contribution in [0.15, 0.2) is 66.9 Å². The molecule has 7 nitrogen and oxygen atoms in total. The SMILES string of the molecule is CC(Oc1ccc(C(=O)NS(=O)(=O)C(C)(C)C)cc1C(F)(F)F)c1ccc(Oc2ccccc2)cn1. The molecule has 1 unspecified atom stereocenters. The number of ether oxygens (including phenoxy) is 2. The van der Waals surface area contributed by atoms with Crippen molar-refractivity contribution >= 4 is 15.9 Å². The maximum atomic E-state index is 13.8. The van der Waals surface area contributed by atoms with Gasteiger partial charge in [-0.3, -0.25) is 9.78 Å². The van der Waals surface area contributed by atoms with Crippen LogP contribution in [-0.2, 0) is 16.2 Å². The molecular formula is C25H25F3N2O5S. The van der Waals surface area contributed by atoms with E-state index in [1.165, 1.54) is 33.9 Å². The number of carbonyl (C=O) groups excluding carboxylic acids is 1. The first-order valence-corrected chi connectivity index (χ1v) is 12.3. The van der Waals surface area contributed by atoms with Crippen LogP contribution in [0.3, 0.4) is 0 Å². The molecular weight excluding hydrogens is 497 g/mol. The lowest BCUT2D eigenvalue weighted by Crippen LogP contribution is -2.42. The quantitative estimate of drug-likeness (QED) is 0.416. The third-order valence-electron chi connectivity index (χ3n) is 5.04. The first-order chi connectivity index (χ1) is 16.7.